The van der Waals surface area contributed by atoms with Gasteiger partial charge in [0.1, 0.15) is 0 Å². The van der Waals surface area contributed by atoms with Crippen LogP contribution in [0.2, 0.25) is 0 Å². The maximum atomic E-state index is 2.29. The minimum absolute atomic E-state index is 0.373. The molecule has 0 aromatic carbocycles. The topological polar surface area (TPSA) is 0 Å². The predicted octanol–water partition coefficient (Wildman–Crippen LogP) is 5.10. The van der Waals surface area contributed by atoms with Crippen molar-refractivity contribution in [3.63, 3.8) is 0 Å². The fourth-order valence-electron chi connectivity index (χ4n) is 0.727. The summed E-state index contributed by atoms with van der Waals surface area (Å²) in [6.07, 6.45) is 2.29. The Morgan fingerprint density at radius 2 is 1.23 bits per heavy atom. The van der Waals surface area contributed by atoms with E-state index in [1.165, 1.54) is 0 Å². The molecule has 1 heteroatoms. The standard InChI is InChI=1S/C8H14S.2C2H6/c1-7(2)5-6-9-8(7,3)4;2*1-2/h5-6H,1-4H3;2*1-2H3. The van der Waals surface area contributed by atoms with Crippen LogP contribution in [0.3, 0.4) is 0 Å². The molecule has 1 rings (SSSR count). The van der Waals surface area contributed by atoms with E-state index in [0.29, 0.717) is 10.2 Å². The Balaban J connectivity index is 0. The zero-order valence-electron chi connectivity index (χ0n) is 10.6. The van der Waals surface area contributed by atoms with Gasteiger partial charge in [0.2, 0.25) is 0 Å². The molecular formula is C12H26S. The lowest BCUT2D eigenvalue weighted by Crippen LogP contribution is -2.30. The Kier molecular flexibility index (Phi) is 7.81. The molecule has 0 bridgehead atoms. The molecule has 0 amide bonds. The minimum Gasteiger partial charge on any atom is -0.127 e. The van der Waals surface area contributed by atoms with E-state index in [-0.39, 0.29) is 0 Å². The summed E-state index contributed by atoms with van der Waals surface area (Å²) in [6.45, 7) is 17.1. The molecule has 0 saturated carbocycles. The Morgan fingerprint density at radius 3 is 1.31 bits per heavy atom. The SMILES string of the molecule is CC.CC.CC1(C)C=CSC1(C)C. The fourth-order valence-corrected chi connectivity index (χ4v) is 1.85. The van der Waals surface area contributed by atoms with Gasteiger partial charge in [0.15, 0.2) is 0 Å². The van der Waals surface area contributed by atoms with Gasteiger partial charge in [-0.2, -0.15) is 0 Å². The predicted molar refractivity (Wildman–Crippen MR) is 67.3 cm³/mol. The lowest BCUT2D eigenvalue weighted by atomic mass is 9.81. The molecular weight excluding hydrogens is 176 g/mol. The number of thioether (sulfide) groups is 1. The Bertz CT molecular complexity index is 143. The van der Waals surface area contributed by atoms with Crippen LogP contribution >= 0.6 is 11.8 Å². The quantitative estimate of drug-likeness (QED) is 0.526. The molecule has 0 atom stereocenters. The molecule has 0 saturated heterocycles. The highest BCUT2D eigenvalue weighted by molar-refractivity contribution is 8.03. The van der Waals surface area contributed by atoms with Gasteiger partial charge in [0.05, 0.1) is 0 Å². The molecule has 0 nitrogen and oxygen atoms in total. The van der Waals surface area contributed by atoms with Crippen molar-refractivity contribution in [1.29, 1.82) is 0 Å². The molecule has 0 aliphatic carbocycles. The summed E-state index contributed by atoms with van der Waals surface area (Å²) < 4.78 is 0.396. The highest BCUT2D eigenvalue weighted by Crippen LogP contribution is 2.48. The molecule has 0 spiro atoms. The number of hydrogen-bond acceptors (Lipinski definition) is 1. The van der Waals surface area contributed by atoms with Crippen molar-refractivity contribution in [3.8, 4) is 0 Å². The molecule has 0 unspecified atom stereocenters. The smallest absolute Gasteiger partial charge is 0.0230 e. The van der Waals surface area contributed by atoms with Crippen molar-refractivity contribution in [2.45, 2.75) is 60.1 Å². The summed E-state index contributed by atoms with van der Waals surface area (Å²) >= 11 is 1.93. The summed E-state index contributed by atoms with van der Waals surface area (Å²) in [7, 11) is 0. The van der Waals surface area contributed by atoms with Crippen molar-refractivity contribution >= 4 is 11.8 Å². The average molecular weight is 202 g/mol. The Morgan fingerprint density at radius 1 is 0.846 bits per heavy atom. The second kappa shape index (κ2) is 6.53. The van der Waals surface area contributed by atoms with Crippen LogP contribution in [0.15, 0.2) is 11.5 Å². The average Bonchev–Trinajstić information content (AvgIpc) is 2.33. The van der Waals surface area contributed by atoms with Crippen LogP contribution in [0, 0.1) is 5.41 Å². The third kappa shape index (κ3) is 4.21. The first-order valence-corrected chi connectivity index (χ1v) is 6.19. The first-order valence-electron chi connectivity index (χ1n) is 5.31. The van der Waals surface area contributed by atoms with Gasteiger partial charge in [0, 0.05) is 4.75 Å². The lowest BCUT2D eigenvalue weighted by molar-refractivity contribution is 0.381. The maximum absolute atomic E-state index is 2.29. The summed E-state index contributed by atoms with van der Waals surface area (Å²) in [5.74, 6) is 0. The van der Waals surface area contributed by atoms with Crippen molar-refractivity contribution in [1.82, 2.24) is 0 Å². The Hall–Kier alpha value is 0.0900. The van der Waals surface area contributed by atoms with Gasteiger partial charge in [0.25, 0.3) is 0 Å². The second-order valence-electron chi connectivity index (χ2n) is 3.65. The van der Waals surface area contributed by atoms with Gasteiger partial charge in [-0.25, -0.2) is 0 Å². The number of allylic oxidation sites excluding steroid dienone is 1. The molecule has 0 radical (unpaired) electrons. The summed E-state index contributed by atoms with van der Waals surface area (Å²) in [5.41, 5.74) is 0.373. The number of hydrogen-bond donors (Lipinski definition) is 0. The second-order valence-corrected chi connectivity index (χ2v) is 5.18. The zero-order chi connectivity index (χ0) is 11.1. The summed E-state index contributed by atoms with van der Waals surface area (Å²) in [5, 5.41) is 2.21. The van der Waals surface area contributed by atoms with E-state index >= 15 is 0 Å². The first kappa shape index (κ1) is 15.6. The van der Waals surface area contributed by atoms with Crippen molar-refractivity contribution in [3.05, 3.63) is 11.5 Å². The van der Waals surface area contributed by atoms with Gasteiger partial charge in [-0.3, -0.25) is 0 Å². The van der Waals surface area contributed by atoms with Gasteiger partial charge in [-0.1, -0.05) is 47.6 Å². The third-order valence-corrected chi connectivity index (χ3v) is 3.79. The van der Waals surface area contributed by atoms with E-state index in [1.54, 1.807) is 0 Å². The monoisotopic (exact) mass is 202 g/mol. The van der Waals surface area contributed by atoms with E-state index in [1.807, 2.05) is 39.5 Å². The maximum Gasteiger partial charge on any atom is 0.0230 e. The van der Waals surface area contributed by atoms with Gasteiger partial charge in [-0.05, 0) is 24.7 Å². The number of rotatable bonds is 0. The zero-order valence-corrected chi connectivity index (χ0v) is 11.4. The fraction of sp³-hybridized carbons (Fsp3) is 0.833. The van der Waals surface area contributed by atoms with E-state index in [0.717, 1.165) is 0 Å². The van der Waals surface area contributed by atoms with Crippen LogP contribution in [0.4, 0.5) is 0 Å². The van der Waals surface area contributed by atoms with Crippen molar-refractivity contribution in [2.75, 3.05) is 0 Å². The molecule has 1 aliphatic heterocycles. The molecule has 1 heterocycles. The van der Waals surface area contributed by atoms with Crippen LogP contribution in [0.25, 0.3) is 0 Å². The van der Waals surface area contributed by atoms with Crippen molar-refractivity contribution < 1.29 is 0 Å². The van der Waals surface area contributed by atoms with E-state index in [9.17, 15) is 0 Å². The summed E-state index contributed by atoms with van der Waals surface area (Å²) in [4.78, 5) is 0. The normalized spacial score (nSPS) is 20.9. The van der Waals surface area contributed by atoms with Crippen LogP contribution in [0.1, 0.15) is 55.4 Å². The lowest BCUT2D eigenvalue weighted by Gasteiger charge is -2.32. The molecule has 13 heavy (non-hydrogen) atoms. The van der Waals surface area contributed by atoms with Gasteiger partial charge >= 0.3 is 0 Å². The van der Waals surface area contributed by atoms with E-state index in [4.69, 9.17) is 0 Å². The molecule has 0 N–H and O–H groups in total. The molecule has 0 fully saturated rings. The van der Waals surface area contributed by atoms with Crippen LogP contribution in [-0.4, -0.2) is 4.75 Å². The molecule has 0 aromatic rings. The minimum atomic E-state index is 0.373. The van der Waals surface area contributed by atoms with Crippen LogP contribution in [-0.2, 0) is 0 Å². The van der Waals surface area contributed by atoms with Gasteiger partial charge in [-0.15, -0.1) is 11.8 Å². The van der Waals surface area contributed by atoms with Crippen LogP contribution < -0.4 is 0 Å². The molecule has 0 aromatic heterocycles. The first-order chi connectivity index (χ1) is 5.96. The largest absolute Gasteiger partial charge is 0.127 e. The highest BCUT2D eigenvalue weighted by Gasteiger charge is 2.38. The van der Waals surface area contributed by atoms with E-state index < -0.39 is 0 Å². The highest BCUT2D eigenvalue weighted by atomic mass is 32.2. The third-order valence-electron chi connectivity index (χ3n) is 2.40. The molecule has 1 aliphatic rings. The van der Waals surface area contributed by atoms with E-state index in [2.05, 4.69) is 39.2 Å². The van der Waals surface area contributed by atoms with Crippen molar-refractivity contribution in [2.24, 2.45) is 5.41 Å². The van der Waals surface area contributed by atoms with Crippen LogP contribution in [0.5, 0.6) is 0 Å². The Labute approximate surface area is 89.2 Å². The summed E-state index contributed by atoms with van der Waals surface area (Å²) in [6, 6.07) is 0. The molecule has 80 valence electrons. The van der Waals surface area contributed by atoms with Gasteiger partial charge < -0.3 is 0 Å².